The molecule has 1 aliphatic rings. The third kappa shape index (κ3) is 5.63. The molecule has 2 heterocycles. The van der Waals surface area contributed by atoms with Gasteiger partial charge in [-0.2, -0.15) is 0 Å². The van der Waals surface area contributed by atoms with Crippen LogP contribution in [0.1, 0.15) is 18.4 Å². The van der Waals surface area contributed by atoms with Gasteiger partial charge in [0, 0.05) is 18.2 Å². The maximum absolute atomic E-state index is 12.5. The molecule has 0 atom stereocenters. The fourth-order valence-corrected chi connectivity index (χ4v) is 3.06. The van der Waals surface area contributed by atoms with Crippen molar-refractivity contribution in [3.63, 3.8) is 0 Å². The summed E-state index contributed by atoms with van der Waals surface area (Å²) in [4.78, 5) is 35.3. The number of rotatable bonds is 3. The van der Waals surface area contributed by atoms with Crippen LogP contribution >= 0.6 is 0 Å². The molecule has 0 radical (unpaired) electrons. The summed E-state index contributed by atoms with van der Waals surface area (Å²) < 4.78 is 5.59. The van der Waals surface area contributed by atoms with Gasteiger partial charge in [0.05, 0.1) is 11.6 Å². The SMILES string of the molecule is CN1CCC(N(C)Cc2coc3ccccc3c2=O)CC1.O=C(O)C(=O)O. The molecule has 0 bridgehead atoms. The molecule has 2 aromatic rings. The lowest BCUT2D eigenvalue weighted by molar-refractivity contribution is -0.159. The van der Waals surface area contributed by atoms with E-state index in [4.69, 9.17) is 24.2 Å². The summed E-state index contributed by atoms with van der Waals surface area (Å²) in [5.74, 6) is -3.65. The molecule has 0 unspecified atom stereocenters. The largest absolute Gasteiger partial charge is 0.473 e. The summed E-state index contributed by atoms with van der Waals surface area (Å²) in [7, 11) is 4.26. The molecular formula is C19H24N2O6. The zero-order valence-corrected chi connectivity index (χ0v) is 15.4. The molecule has 27 heavy (non-hydrogen) atoms. The second-order valence-electron chi connectivity index (χ2n) is 6.65. The number of benzene rings is 1. The standard InChI is InChI=1S/C17H22N2O2.C2H2O4/c1-18-9-7-14(8-10-18)19(2)11-13-12-21-16-6-4-3-5-15(16)17(13)20;3-1(4)2(5)6/h3-6,12,14H,7-11H2,1-2H3;(H,3,4)(H,5,6). The molecule has 2 N–H and O–H groups in total. The average molecular weight is 376 g/mol. The van der Waals surface area contributed by atoms with Crippen LogP contribution in [-0.4, -0.2) is 65.2 Å². The summed E-state index contributed by atoms with van der Waals surface area (Å²) in [6.45, 7) is 2.91. The van der Waals surface area contributed by atoms with E-state index in [0.29, 0.717) is 23.6 Å². The molecule has 1 aliphatic heterocycles. The first kappa shape index (κ1) is 20.6. The third-order valence-corrected chi connectivity index (χ3v) is 4.67. The van der Waals surface area contributed by atoms with E-state index in [2.05, 4.69) is 23.9 Å². The van der Waals surface area contributed by atoms with Crippen molar-refractivity contribution < 1.29 is 24.2 Å². The van der Waals surface area contributed by atoms with Crippen molar-refractivity contribution in [3.8, 4) is 0 Å². The smallest absolute Gasteiger partial charge is 0.414 e. The number of carboxylic acids is 2. The molecule has 0 aliphatic carbocycles. The molecule has 0 saturated carbocycles. The van der Waals surface area contributed by atoms with Gasteiger partial charge in [-0.3, -0.25) is 9.69 Å². The predicted octanol–water partition coefficient (Wildman–Crippen LogP) is 1.47. The Morgan fingerprint density at radius 1 is 1.19 bits per heavy atom. The Balaban J connectivity index is 0.000000380. The van der Waals surface area contributed by atoms with Gasteiger partial charge in [0.25, 0.3) is 0 Å². The molecule has 1 fully saturated rings. The minimum Gasteiger partial charge on any atom is -0.473 e. The number of carbonyl (C=O) groups is 2. The highest BCUT2D eigenvalue weighted by molar-refractivity contribution is 6.27. The van der Waals surface area contributed by atoms with Gasteiger partial charge in [-0.15, -0.1) is 0 Å². The van der Waals surface area contributed by atoms with Crippen LogP contribution in [0.25, 0.3) is 11.0 Å². The van der Waals surface area contributed by atoms with Crippen LogP contribution in [0.3, 0.4) is 0 Å². The third-order valence-electron chi connectivity index (χ3n) is 4.67. The zero-order valence-electron chi connectivity index (χ0n) is 15.4. The van der Waals surface area contributed by atoms with Crippen molar-refractivity contribution in [1.29, 1.82) is 0 Å². The van der Waals surface area contributed by atoms with E-state index in [-0.39, 0.29) is 5.43 Å². The van der Waals surface area contributed by atoms with Crippen molar-refractivity contribution in [2.24, 2.45) is 0 Å². The van der Waals surface area contributed by atoms with E-state index in [1.54, 1.807) is 6.26 Å². The Morgan fingerprint density at radius 3 is 2.37 bits per heavy atom. The van der Waals surface area contributed by atoms with Crippen LogP contribution < -0.4 is 5.43 Å². The molecule has 1 aromatic carbocycles. The first-order valence-corrected chi connectivity index (χ1v) is 8.64. The van der Waals surface area contributed by atoms with Crippen molar-refractivity contribution in [2.45, 2.75) is 25.4 Å². The quantitative estimate of drug-likeness (QED) is 0.775. The Morgan fingerprint density at radius 2 is 1.78 bits per heavy atom. The van der Waals surface area contributed by atoms with Crippen LogP contribution in [-0.2, 0) is 16.1 Å². The van der Waals surface area contributed by atoms with E-state index >= 15 is 0 Å². The number of hydrogen-bond donors (Lipinski definition) is 2. The van der Waals surface area contributed by atoms with Gasteiger partial charge in [-0.1, -0.05) is 12.1 Å². The Bertz CT molecular complexity index is 843. The van der Waals surface area contributed by atoms with Crippen molar-refractivity contribution in [1.82, 2.24) is 9.80 Å². The summed E-state index contributed by atoms with van der Waals surface area (Å²) in [6.07, 6.45) is 3.94. The van der Waals surface area contributed by atoms with Crippen LogP contribution in [0, 0.1) is 0 Å². The fraction of sp³-hybridized carbons (Fsp3) is 0.421. The normalized spacial score (nSPS) is 15.4. The van der Waals surface area contributed by atoms with Gasteiger partial charge in [0.15, 0.2) is 5.43 Å². The lowest BCUT2D eigenvalue weighted by Gasteiger charge is -2.34. The summed E-state index contributed by atoms with van der Waals surface area (Å²) in [5, 5.41) is 15.5. The lowest BCUT2D eigenvalue weighted by atomic mass is 10.0. The Hall–Kier alpha value is -2.71. The second kappa shape index (κ2) is 9.29. The van der Waals surface area contributed by atoms with Gasteiger partial charge >= 0.3 is 11.9 Å². The van der Waals surface area contributed by atoms with E-state index in [0.717, 1.165) is 31.5 Å². The van der Waals surface area contributed by atoms with Crippen molar-refractivity contribution in [3.05, 3.63) is 46.3 Å². The Labute approximate surface area is 156 Å². The van der Waals surface area contributed by atoms with Gasteiger partial charge in [-0.05, 0) is 52.2 Å². The van der Waals surface area contributed by atoms with Crippen molar-refractivity contribution in [2.75, 3.05) is 27.2 Å². The average Bonchev–Trinajstić information content (AvgIpc) is 2.65. The number of piperidine rings is 1. The van der Waals surface area contributed by atoms with Gasteiger partial charge < -0.3 is 19.5 Å². The minimum absolute atomic E-state index is 0.0941. The van der Waals surface area contributed by atoms with Crippen LogP contribution in [0.15, 0.2) is 39.7 Å². The monoisotopic (exact) mass is 376 g/mol. The fourth-order valence-electron chi connectivity index (χ4n) is 3.06. The maximum atomic E-state index is 12.5. The molecular weight excluding hydrogens is 352 g/mol. The lowest BCUT2D eigenvalue weighted by Crippen LogP contribution is -2.42. The summed E-state index contributed by atoms with van der Waals surface area (Å²) >= 11 is 0. The number of aliphatic carboxylic acids is 2. The molecule has 1 aromatic heterocycles. The highest BCUT2D eigenvalue weighted by Crippen LogP contribution is 2.17. The Kier molecular flexibility index (Phi) is 7.09. The molecule has 1 saturated heterocycles. The van der Waals surface area contributed by atoms with Crippen LogP contribution in [0.4, 0.5) is 0 Å². The topological polar surface area (TPSA) is 111 Å². The van der Waals surface area contributed by atoms with Gasteiger partial charge in [0.2, 0.25) is 0 Å². The molecule has 0 amide bonds. The van der Waals surface area contributed by atoms with E-state index in [1.807, 2.05) is 24.3 Å². The summed E-state index contributed by atoms with van der Waals surface area (Å²) in [5.41, 5.74) is 1.50. The highest BCUT2D eigenvalue weighted by Gasteiger charge is 2.21. The van der Waals surface area contributed by atoms with Crippen LogP contribution in [0.2, 0.25) is 0 Å². The molecule has 8 nitrogen and oxygen atoms in total. The maximum Gasteiger partial charge on any atom is 0.414 e. The number of para-hydroxylation sites is 1. The van der Waals surface area contributed by atoms with E-state index < -0.39 is 11.9 Å². The number of fused-ring (bicyclic) bond motifs is 1. The molecule has 3 rings (SSSR count). The molecule has 8 heteroatoms. The number of carboxylic acid groups (broad SMARTS) is 2. The zero-order chi connectivity index (χ0) is 20.0. The number of hydrogen-bond acceptors (Lipinski definition) is 6. The summed E-state index contributed by atoms with van der Waals surface area (Å²) in [6, 6.07) is 7.98. The number of likely N-dealkylation sites (tertiary alicyclic amines) is 1. The minimum atomic E-state index is -1.82. The van der Waals surface area contributed by atoms with Gasteiger partial charge in [0.1, 0.15) is 5.58 Å². The second-order valence-corrected chi connectivity index (χ2v) is 6.65. The predicted molar refractivity (Wildman–Crippen MR) is 99.7 cm³/mol. The first-order valence-electron chi connectivity index (χ1n) is 8.64. The highest BCUT2D eigenvalue weighted by atomic mass is 16.4. The molecule has 146 valence electrons. The van der Waals surface area contributed by atoms with Crippen molar-refractivity contribution >= 4 is 22.9 Å². The van der Waals surface area contributed by atoms with Gasteiger partial charge in [-0.25, -0.2) is 9.59 Å². The van der Waals surface area contributed by atoms with E-state index in [9.17, 15) is 4.79 Å². The van der Waals surface area contributed by atoms with Crippen LogP contribution in [0.5, 0.6) is 0 Å². The molecule has 0 spiro atoms. The first-order chi connectivity index (χ1) is 12.8. The number of nitrogens with zero attached hydrogens (tertiary/aromatic N) is 2. The van der Waals surface area contributed by atoms with E-state index in [1.165, 1.54) is 0 Å².